The zero-order valence-electron chi connectivity index (χ0n) is 7.03. The van der Waals surface area contributed by atoms with Crippen LogP contribution in [0.2, 0.25) is 0 Å². The lowest BCUT2D eigenvalue weighted by Gasteiger charge is -2.26. The van der Waals surface area contributed by atoms with Gasteiger partial charge < -0.3 is 9.84 Å². The van der Waals surface area contributed by atoms with E-state index in [9.17, 15) is 5.11 Å². The highest BCUT2D eigenvalue weighted by Gasteiger charge is 2.22. The van der Waals surface area contributed by atoms with Gasteiger partial charge in [-0.1, -0.05) is 24.3 Å². The number of benzene rings is 1. The molecule has 0 aromatic heterocycles. The smallest absolute Gasteiger partial charge is 0.103 e. The van der Waals surface area contributed by atoms with Gasteiger partial charge in [0.1, 0.15) is 6.10 Å². The highest BCUT2D eigenvalue weighted by atomic mass is 16.5. The zero-order valence-corrected chi connectivity index (χ0v) is 7.03. The summed E-state index contributed by atoms with van der Waals surface area (Å²) >= 11 is 0. The van der Waals surface area contributed by atoms with E-state index in [1.165, 1.54) is 0 Å². The Morgan fingerprint density at radius 3 is 2.67 bits per heavy atom. The molecule has 1 heterocycles. The average Bonchev–Trinajstić information content (AvgIpc) is 2.12. The predicted molar refractivity (Wildman–Crippen MR) is 45.8 cm³/mol. The maximum atomic E-state index is 9.55. The third-order valence-electron chi connectivity index (χ3n) is 2.30. The quantitative estimate of drug-likeness (QED) is 0.633. The highest BCUT2D eigenvalue weighted by molar-refractivity contribution is 5.32. The van der Waals surface area contributed by atoms with Crippen molar-refractivity contribution in [1.82, 2.24) is 0 Å². The molecule has 2 nitrogen and oxygen atoms in total. The number of hydrogen-bond donors (Lipinski definition) is 1. The van der Waals surface area contributed by atoms with Gasteiger partial charge in [0.2, 0.25) is 0 Å². The van der Waals surface area contributed by atoms with E-state index in [1.807, 2.05) is 31.2 Å². The molecule has 2 unspecified atom stereocenters. The van der Waals surface area contributed by atoms with Gasteiger partial charge >= 0.3 is 0 Å². The number of hydrogen-bond acceptors (Lipinski definition) is 2. The van der Waals surface area contributed by atoms with Gasteiger partial charge in [0.25, 0.3) is 0 Å². The Morgan fingerprint density at radius 1 is 1.33 bits per heavy atom. The van der Waals surface area contributed by atoms with Crippen LogP contribution in [0.15, 0.2) is 24.3 Å². The van der Waals surface area contributed by atoms with Crippen molar-refractivity contribution in [2.24, 2.45) is 0 Å². The van der Waals surface area contributed by atoms with Gasteiger partial charge in [-0.25, -0.2) is 0 Å². The third kappa shape index (κ3) is 1.13. The van der Waals surface area contributed by atoms with Crippen LogP contribution in [-0.2, 0) is 4.74 Å². The molecule has 1 N–H and O–H groups in total. The van der Waals surface area contributed by atoms with Crippen molar-refractivity contribution >= 4 is 0 Å². The van der Waals surface area contributed by atoms with E-state index in [0.717, 1.165) is 11.1 Å². The molecule has 2 heteroatoms. The fourth-order valence-electron chi connectivity index (χ4n) is 1.60. The second-order valence-electron chi connectivity index (χ2n) is 3.12. The Labute approximate surface area is 71.8 Å². The largest absolute Gasteiger partial charge is 0.386 e. The summed E-state index contributed by atoms with van der Waals surface area (Å²) in [7, 11) is 0. The lowest BCUT2D eigenvalue weighted by atomic mass is 9.97. The molecule has 64 valence electrons. The molecular weight excluding hydrogens is 152 g/mol. The van der Waals surface area contributed by atoms with E-state index in [2.05, 4.69) is 0 Å². The molecule has 0 saturated carbocycles. The Bertz CT molecular complexity index is 254. The topological polar surface area (TPSA) is 29.5 Å². The molecule has 1 aliphatic heterocycles. The van der Waals surface area contributed by atoms with E-state index >= 15 is 0 Å². The minimum atomic E-state index is -0.447. The van der Waals surface area contributed by atoms with Crippen LogP contribution in [0.3, 0.4) is 0 Å². The van der Waals surface area contributed by atoms with E-state index in [1.54, 1.807) is 0 Å². The maximum Gasteiger partial charge on any atom is 0.103 e. The van der Waals surface area contributed by atoms with Crippen LogP contribution in [0.5, 0.6) is 0 Å². The van der Waals surface area contributed by atoms with Crippen molar-refractivity contribution in [3.63, 3.8) is 0 Å². The fourth-order valence-corrected chi connectivity index (χ4v) is 1.60. The third-order valence-corrected chi connectivity index (χ3v) is 2.30. The monoisotopic (exact) mass is 164 g/mol. The summed E-state index contributed by atoms with van der Waals surface area (Å²) in [6.45, 7) is 2.42. The number of aliphatic hydroxyl groups is 1. The van der Waals surface area contributed by atoms with Gasteiger partial charge in [-0.15, -0.1) is 0 Å². The summed E-state index contributed by atoms with van der Waals surface area (Å²) in [5, 5.41) is 9.55. The molecule has 0 fully saturated rings. The standard InChI is InChI=1S/C10H12O2/c1-7-8-4-2-3-5-9(8)10(11)6-12-7/h2-5,7,10-11H,6H2,1H3. The maximum absolute atomic E-state index is 9.55. The van der Waals surface area contributed by atoms with Gasteiger partial charge in [0, 0.05) is 0 Å². The van der Waals surface area contributed by atoms with Crippen molar-refractivity contribution in [3.8, 4) is 0 Å². The Balaban J connectivity index is 2.47. The lowest BCUT2D eigenvalue weighted by molar-refractivity contribution is -0.0224. The molecule has 1 aliphatic rings. The summed E-state index contributed by atoms with van der Waals surface area (Å²) in [5.74, 6) is 0. The molecule has 0 aliphatic carbocycles. The van der Waals surface area contributed by atoms with Gasteiger partial charge in [-0.05, 0) is 18.1 Å². The average molecular weight is 164 g/mol. The summed E-state index contributed by atoms with van der Waals surface area (Å²) < 4.78 is 5.37. The summed E-state index contributed by atoms with van der Waals surface area (Å²) in [6, 6.07) is 7.87. The first-order valence-electron chi connectivity index (χ1n) is 4.17. The van der Waals surface area contributed by atoms with Crippen molar-refractivity contribution in [2.45, 2.75) is 19.1 Å². The van der Waals surface area contributed by atoms with E-state index in [-0.39, 0.29) is 6.10 Å². The summed E-state index contributed by atoms with van der Waals surface area (Å²) in [4.78, 5) is 0. The van der Waals surface area contributed by atoms with E-state index in [0.29, 0.717) is 6.61 Å². The first-order valence-corrected chi connectivity index (χ1v) is 4.17. The number of fused-ring (bicyclic) bond motifs is 1. The van der Waals surface area contributed by atoms with Gasteiger partial charge in [-0.3, -0.25) is 0 Å². The fraction of sp³-hybridized carbons (Fsp3) is 0.400. The van der Waals surface area contributed by atoms with Crippen LogP contribution in [-0.4, -0.2) is 11.7 Å². The molecule has 1 aromatic carbocycles. The van der Waals surface area contributed by atoms with Gasteiger partial charge in [0.05, 0.1) is 12.7 Å². The van der Waals surface area contributed by atoms with Crippen LogP contribution < -0.4 is 0 Å². The Hall–Kier alpha value is -0.860. The molecule has 0 amide bonds. The Kier molecular flexibility index (Phi) is 1.87. The number of rotatable bonds is 0. The molecule has 1 aromatic rings. The zero-order chi connectivity index (χ0) is 8.55. The molecule has 0 radical (unpaired) electrons. The van der Waals surface area contributed by atoms with E-state index in [4.69, 9.17) is 4.74 Å². The second-order valence-corrected chi connectivity index (χ2v) is 3.12. The van der Waals surface area contributed by atoms with Gasteiger partial charge in [-0.2, -0.15) is 0 Å². The van der Waals surface area contributed by atoms with Crippen molar-refractivity contribution in [1.29, 1.82) is 0 Å². The first-order chi connectivity index (χ1) is 5.79. The lowest BCUT2D eigenvalue weighted by Crippen LogP contribution is -2.18. The number of aliphatic hydroxyl groups excluding tert-OH is 1. The second kappa shape index (κ2) is 2.88. The van der Waals surface area contributed by atoms with Crippen LogP contribution in [0.1, 0.15) is 30.3 Å². The summed E-state index contributed by atoms with van der Waals surface area (Å²) in [5.41, 5.74) is 2.12. The van der Waals surface area contributed by atoms with Crippen LogP contribution >= 0.6 is 0 Å². The van der Waals surface area contributed by atoms with Crippen LogP contribution in [0, 0.1) is 0 Å². The number of ether oxygens (including phenoxy) is 1. The van der Waals surface area contributed by atoms with Crippen molar-refractivity contribution in [2.75, 3.05) is 6.61 Å². The Morgan fingerprint density at radius 2 is 2.00 bits per heavy atom. The van der Waals surface area contributed by atoms with Gasteiger partial charge in [0.15, 0.2) is 0 Å². The SMILES string of the molecule is CC1OCC(O)c2ccccc21. The molecule has 0 saturated heterocycles. The first kappa shape index (κ1) is 7.77. The van der Waals surface area contributed by atoms with Crippen LogP contribution in [0.4, 0.5) is 0 Å². The predicted octanol–water partition coefficient (Wildman–Crippen LogP) is 1.81. The van der Waals surface area contributed by atoms with Crippen LogP contribution in [0.25, 0.3) is 0 Å². The minimum absolute atomic E-state index is 0.115. The van der Waals surface area contributed by atoms with E-state index < -0.39 is 6.10 Å². The molecular formula is C10H12O2. The molecule has 0 spiro atoms. The molecule has 0 bridgehead atoms. The summed E-state index contributed by atoms with van der Waals surface area (Å²) in [6.07, 6.45) is -0.331. The minimum Gasteiger partial charge on any atom is -0.386 e. The highest BCUT2D eigenvalue weighted by Crippen LogP contribution is 2.31. The molecule has 2 atom stereocenters. The molecule has 12 heavy (non-hydrogen) atoms. The normalized spacial score (nSPS) is 28.2. The van der Waals surface area contributed by atoms with Crippen molar-refractivity contribution in [3.05, 3.63) is 35.4 Å². The molecule has 2 rings (SSSR count). The van der Waals surface area contributed by atoms with Crippen molar-refractivity contribution < 1.29 is 9.84 Å².